The summed E-state index contributed by atoms with van der Waals surface area (Å²) in [4.78, 5) is 41.0. The summed E-state index contributed by atoms with van der Waals surface area (Å²) in [7, 11) is -1.70. The monoisotopic (exact) mass is 1770 g/mol. The first-order valence-electron chi connectivity index (χ1n) is 48.8. The predicted molar refractivity (Wildman–Crippen MR) is 522 cm³/mol. The van der Waals surface area contributed by atoms with Gasteiger partial charge in [-0.3, -0.25) is 19.5 Å². The predicted octanol–water partition coefficient (Wildman–Crippen LogP) is 17.4. The molecule has 20 heteroatoms. The van der Waals surface area contributed by atoms with Gasteiger partial charge in [-0.1, -0.05) is 221 Å². The van der Waals surface area contributed by atoms with Crippen molar-refractivity contribution in [2.24, 2.45) is 33.6 Å². The number of Topliss-reactive ketones (excluding diaryl/α,β-unsaturated/α-hetero) is 1. The summed E-state index contributed by atoms with van der Waals surface area (Å²) < 4.78 is 27.3. The Hall–Kier alpha value is -7.47. The third-order valence-corrected chi connectivity index (χ3v) is 31.4. The van der Waals surface area contributed by atoms with E-state index >= 15 is 0 Å². The van der Waals surface area contributed by atoms with Gasteiger partial charge in [0.15, 0.2) is 5.78 Å². The maximum Gasteiger partial charge on any atom is 0.243 e. The molecular weight excluding hydrogens is 1620 g/mol. The number of piperidine rings is 3. The summed E-state index contributed by atoms with van der Waals surface area (Å²) in [5.74, 6) is 3.06. The van der Waals surface area contributed by atoms with Gasteiger partial charge in [0.2, 0.25) is 15.9 Å². The molecule has 12 aliphatic rings. The van der Waals surface area contributed by atoms with Crippen molar-refractivity contribution in [3.8, 4) is 5.75 Å². The molecule has 6 saturated carbocycles. The largest absolute Gasteiger partial charge is 0.507 e. The van der Waals surface area contributed by atoms with Crippen LogP contribution in [0.2, 0.25) is 5.02 Å². The van der Waals surface area contributed by atoms with Crippen LogP contribution in [0.15, 0.2) is 203 Å². The van der Waals surface area contributed by atoms with Crippen molar-refractivity contribution >= 4 is 57.3 Å². The van der Waals surface area contributed by atoms with Crippen LogP contribution in [0.4, 0.5) is 0 Å². The lowest BCUT2D eigenvalue weighted by molar-refractivity contribution is -0.132. The van der Waals surface area contributed by atoms with E-state index in [1.54, 1.807) is 47.9 Å². The number of nitrogens with one attached hydrogen (secondary N) is 5. The van der Waals surface area contributed by atoms with Gasteiger partial charge in [0, 0.05) is 179 Å². The number of likely N-dealkylation sites (tertiary alicyclic amines) is 4. The molecule has 12 fully saturated rings. The Kier molecular flexibility index (Phi) is 34.3. The SMILES string of the molecule is C=C1CC(N[C@@H]2C[C@H]2/C(=C/c2ccccc2)CC)CCN1.CC(=NCC(=O)c1cccc(S(=O)(=O)N2CCN(C)CC2)c1)c1cc(Cl)ccc1O.CC/C(=C\c1ccccc1)[C@@H]1C[C@H]1NC1CC2(C1)CN(C(CC)CO)C2.CCCN1CC2(CC(N[C@@H]3C[C@H]3/C(=C/c3ccccc3)CC)C2)C1.O=C(CCN1CCC(N[C@@H]2C[C@H]2c2ccccc2)CC1)N1CCCCC1. The van der Waals surface area contributed by atoms with E-state index in [1.807, 2.05) is 7.05 Å². The number of hydrogen-bond acceptors (Lipinski definition) is 16. The number of carbonyl (C=O) groups excluding carboxylic acids is 2. The number of nitrogens with zero attached hydrogens (tertiary/aromatic N) is 7. The summed E-state index contributed by atoms with van der Waals surface area (Å²) in [6.07, 6.45) is 32.9. The first-order valence-corrected chi connectivity index (χ1v) is 50.6. The topological polar surface area (TPSA) is 201 Å². The van der Waals surface area contributed by atoms with Crippen molar-refractivity contribution < 1.29 is 28.2 Å². The Morgan fingerprint density at radius 2 is 1.10 bits per heavy atom. The summed E-state index contributed by atoms with van der Waals surface area (Å²) in [5.41, 5.74) is 14.0. The zero-order valence-corrected chi connectivity index (χ0v) is 78.9. The number of carbonyl (C=O) groups is 2. The van der Waals surface area contributed by atoms with E-state index in [2.05, 4.69) is 237 Å². The quantitative estimate of drug-likeness (QED) is 0.0155. The van der Waals surface area contributed by atoms with Gasteiger partial charge in [-0.25, -0.2) is 8.42 Å². The van der Waals surface area contributed by atoms with Gasteiger partial charge in [-0.2, -0.15) is 4.31 Å². The molecule has 686 valence electrons. The summed E-state index contributed by atoms with van der Waals surface area (Å²) in [6, 6.07) is 59.7. The number of likely N-dealkylation sites (N-methyl/N-ethyl adjacent to an activating group) is 1. The second-order valence-electron chi connectivity index (χ2n) is 39.1. The Bertz CT molecular complexity index is 4750. The normalized spacial score (nSPS) is 25.9. The molecule has 6 aliphatic heterocycles. The second kappa shape index (κ2) is 45.6. The van der Waals surface area contributed by atoms with Crippen LogP contribution in [0.1, 0.15) is 220 Å². The number of piperazine rings is 1. The highest BCUT2D eigenvalue weighted by Gasteiger charge is 2.56. The minimum Gasteiger partial charge on any atom is -0.507 e. The zero-order chi connectivity index (χ0) is 89.0. The van der Waals surface area contributed by atoms with Gasteiger partial charge in [-0.05, 0) is 237 Å². The number of phenols is 1. The summed E-state index contributed by atoms with van der Waals surface area (Å²) >= 11 is 5.96. The molecular formula is C107H149ClN12O6S. The van der Waals surface area contributed by atoms with Crippen molar-refractivity contribution in [1.82, 2.24) is 55.4 Å². The van der Waals surface area contributed by atoms with Gasteiger partial charge < -0.3 is 56.4 Å². The highest BCUT2D eigenvalue weighted by atomic mass is 35.5. The number of halogens is 1. The molecule has 0 bridgehead atoms. The number of aliphatic imine (C=N–C) groups is 1. The fraction of sp³-hybridized carbons (Fsp3) is 0.561. The maximum atomic E-state index is 12.9. The molecule has 0 aromatic heterocycles. The first kappa shape index (κ1) is 95.6. The summed E-state index contributed by atoms with van der Waals surface area (Å²) in [6.45, 7) is 32.0. The molecule has 6 aromatic carbocycles. The van der Waals surface area contributed by atoms with Crippen LogP contribution in [0.25, 0.3) is 18.2 Å². The first-order chi connectivity index (χ1) is 61.6. The molecule has 6 aliphatic carbocycles. The lowest BCUT2D eigenvalue weighted by Gasteiger charge is -2.61. The van der Waals surface area contributed by atoms with Crippen LogP contribution < -0.4 is 26.6 Å². The van der Waals surface area contributed by atoms with E-state index in [1.165, 1.54) is 186 Å². The number of aliphatic hydroxyl groups is 1. The molecule has 0 radical (unpaired) electrons. The molecule has 7 N–H and O–H groups in total. The number of phenolic OH excluding ortho intramolecular Hbond substituents is 1. The highest BCUT2D eigenvalue weighted by Crippen LogP contribution is 2.53. The molecule has 18 rings (SSSR count). The Morgan fingerprint density at radius 1 is 0.583 bits per heavy atom. The maximum absolute atomic E-state index is 12.9. The lowest BCUT2D eigenvalue weighted by Crippen LogP contribution is -2.68. The number of ketones is 1. The Balaban J connectivity index is 0.000000129. The number of benzene rings is 6. The fourth-order valence-electron chi connectivity index (χ4n) is 21.5. The van der Waals surface area contributed by atoms with Crippen molar-refractivity contribution in [3.63, 3.8) is 0 Å². The van der Waals surface area contributed by atoms with Crippen molar-refractivity contribution in [2.75, 3.05) is 118 Å². The molecule has 2 unspecified atom stereocenters. The van der Waals surface area contributed by atoms with Crippen molar-refractivity contribution in [3.05, 3.63) is 231 Å². The van der Waals surface area contributed by atoms with Crippen molar-refractivity contribution in [1.29, 1.82) is 0 Å². The van der Waals surface area contributed by atoms with Gasteiger partial charge in [0.1, 0.15) is 12.3 Å². The molecule has 10 atom stereocenters. The molecule has 6 saturated heterocycles. The average Bonchev–Trinajstić information content (AvgIpc) is 1.59. The van der Waals surface area contributed by atoms with E-state index in [0.29, 0.717) is 108 Å². The number of aromatic hydroxyl groups is 1. The van der Waals surface area contributed by atoms with Crippen LogP contribution >= 0.6 is 11.6 Å². The van der Waals surface area contributed by atoms with Crippen LogP contribution in [0.5, 0.6) is 5.75 Å². The average molecular weight is 1770 g/mol. The van der Waals surface area contributed by atoms with E-state index in [-0.39, 0.29) is 28.5 Å². The lowest BCUT2D eigenvalue weighted by atomic mass is 9.60. The van der Waals surface area contributed by atoms with Crippen LogP contribution in [-0.4, -0.2) is 238 Å². The standard InChI is InChI=1S/C23H34N2O.C22H33N3O.C22H32N2.C21H24ClN3O4S.C19H26N2/c1-3-18(10-17-8-6-5-7-9-17)21-11-22(21)24-19-12-23(13-19)15-25(16-23)20(4-2)14-26;26-22(25-12-5-2-6-13-25)11-16-24-14-9-19(10-15-24)23-21-17-20(21)18-7-3-1-4-8-18;1-3-10-24-15-22(16-24)13-19(14-22)23-21-12-20(21)18(4-2)11-17-8-6-5-7-9-17;1-15(19-13-17(22)6-7-20(19)26)23-14-21(27)16-4-3-5-18(12-16)30(28,29)25-10-8-24(2)9-11-25;1-3-16(12-15-7-5-4-6-8-15)18-13-19(18)21-17-9-10-20-14(2)11-17/h5-10,19-22,24,26H,3-4,11-16H2,1-2H3;1,3-4,7-8,19-21,23H,2,5-6,9-17H2;5-9,11,19-21,23H,3-4,10,12-16H2,1-2H3;3-7,12-13,26H,8-11,14H2,1-2H3;4-8,12,17-21H,2-3,9-11,13H2,1H3/b18-10+;;18-11+;;16-12+/t20?,21-,22+;2*20-,21+;;17?,18-,19+/m000.0/s1. The van der Waals surface area contributed by atoms with Crippen molar-refractivity contribution in [2.45, 2.75) is 242 Å². The van der Waals surface area contributed by atoms with Crippen LogP contribution in [0.3, 0.4) is 0 Å². The molecule has 6 heterocycles. The Labute approximate surface area is 766 Å². The van der Waals surface area contributed by atoms with Gasteiger partial charge in [0.25, 0.3) is 0 Å². The molecule has 6 aromatic rings. The minimum absolute atomic E-state index is 0.0216. The number of hydrogen-bond donors (Lipinski definition) is 7. The smallest absolute Gasteiger partial charge is 0.243 e. The van der Waals surface area contributed by atoms with E-state index in [4.69, 9.17) is 11.6 Å². The van der Waals surface area contributed by atoms with Crippen LogP contribution in [-0.2, 0) is 14.8 Å². The van der Waals surface area contributed by atoms with E-state index < -0.39 is 10.0 Å². The fourth-order valence-corrected chi connectivity index (χ4v) is 23.1. The zero-order valence-electron chi connectivity index (χ0n) is 77.3. The molecule has 1 amide bonds. The molecule has 2 spiro atoms. The Morgan fingerprint density at radius 3 is 1.61 bits per heavy atom. The molecule has 18 nitrogen and oxygen atoms in total. The van der Waals surface area contributed by atoms with E-state index in [9.17, 15) is 28.2 Å². The number of sulfonamides is 1. The van der Waals surface area contributed by atoms with Gasteiger partial charge >= 0.3 is 0 Å². The third kappa shape index (κ3) is 26.9. The van der Waals surface area contributed by atoms with Crippen LogP contribution in [0, 0.1) is 28.6 Å². The number of aliphatic hydroxyl groups excluding tert-OH is 1. The van der Waals surface area contributed by atoms with E-state index in [0.717, 1.165) is 107 Å². The van der Waals surface area contributed by atoms with Gasteiger partial charge in [0.05, 0.1) is 11.5 Å². The molecule has 127 heavy (non-hydrogen) atoms. The minimum atomic E-state index is -3.66. The second-order valence-corrected chi connectivity index (χ2v) is 41.5. The number of rotatable bonds is 32. The van der Waals surface area contributed by atoms with Gasteiger partial charge in [-0.15, -0.1) is 0 Å². The number of amides is 1. The third-order valence-electron chi connectivity index (χ3n) is 29.3. The summed E-state index contributed by atoms with van der Waals surface area (Å²) in [5, 5.41) is 38.8. The highest BCUT2D eigenvalue weighted by molar-refractivity contribution is 7.89.